The van der Waals surface area contributed by atoms with Crippen LogP contribution in [0.2, 0.25) is 5.02 Å². The highest BCUT2D eigenvalue weighted by Gasteiger charge is 2.21. The Kier molecular flexibility index (Phi) is 4.52. The van der Waals surface area contributed by atoms with Gasteiger partial charge < -0.3 is 14.8 Å². The smallest absolute Gasteiger partial charge is 0.182 e. The largest absolute Gasteiger partial charge is 0.493 e. The van der Waals surface area contributed by atoms with Crippen LogP contribution in [0.4, 0.5) is 0 Å². The molecule has 1 atom stereocenters. The summed E-state index contributed by atoms with van der Waals surface area (Å²) < 4.78 is 10.8. The van der Waals surface area contributed by atoms with Gasteiger partial charge in [-0.3, -0.25) is 0 Å². The topological polar surface area (TPSA) is 54.3 Å². The molecule has 0 amide bonds. The molecule has 1 aromatic rings. The molecule has 1 fully saturated rings. The molecule has 5 heteroatoms. The van der Waals surface area contributed by atoms with E-state index < -0.39 is 6.10 Å². The van der Waals surface area contributed by atoms with Crippen molar-refractivity contribution in [2.75, 3.05) is 7.11 Å². The highest BCUT2D eigenvalue weighted by Crippen LogP contribution is 2.37. The highest BCUT2D eigenvalue weighted by atomic mass is 35.5. The number of methoxy groups -OCH3 is 1. The third kappa shape index (κ3) is 3.76. The molecule has 1 unspecified atom stereocenters. The number of halogens is 1. The molecule has 4 nitrogen and oxygen atoms in total. The standard InChI is InChI=1S/C14H17ClN2O2/c1-9(7-16)19-14-12(15)5-10(6-13(14)18-2)8-17-11-3-4-11/h5-6,9,11,17H,3-4,8H2,1-2H3. The van der Waals surface area contributed by atoms with Gasteiger partial charge in [0.25, 0.3) is 0 Å². The number of rotatable bonds is 6. The van der Waals surface area contributed by atoms with Crippen LogP contribution in [-0.2, 0) is 6.54 Å². The van der Waals surface area contributed by atoms with Gasteiger partial charge in [0.2, 0.25) is 0 Å². The monoisotopic (exact) mass is 280 g/mol. The normalized spacial score (nSPS) is 15.7. The van der Waals surface area contributed by atoms with Crippen LogP contribution in [0.15, 0.2) is 12.1 Å². The minimum absolute atomic E-state index is 0.424. The molecule has 1 aliphatic rings. The predicted molar refractivity (Wildman–Crippen MR) is 73.6 cm³/mol. The van der Waals surface area contributed by atoms with E-state index in [-0.39, 0.29) is 0 Å². The number of nitrogens with zero attached hydrogens (tertiary/aromatic N) is 1. The number of hydrogen-bond donors (Lipinski definition) is 1. The van der Waals surface area contributed by atoms with Crippen molar-refractivity contribution in [3.8, 4) is 17.6 Å². The third-order valence-corrected chi connectivity index (χ3v) is 3.22. The van der Waals surface area contributed by atoms with Crippen molar-refractivity contribution < 1.29 is 9.47 Å². The molecule has 19 heavy (non-hydrogen) atoms. The maximum atomic E-state index is 8.79. The fraction of sp³-hybridized carbons (Fsp3) is 0.500. The minimum atomic E-state index is -0.568. The second kappa shape index (κ2) is 6.14. The Morgan fingerprint density at radius 1 is 1.53 bits per heavy atom. The van der Waals surface area contributed by atoms with Crippen LogP contribution in [-0.4, -0.2) is 19.3 Å². The van der Waals surface area contributed by atoms with Gasteiger partial charge in [-0.15, -0.1) is 0 Å². The van der Waals surface area contributed by atoms with E-state index in [1.165, 1.54) is 12.8 Å². The first-order chi connectivity index (χ1) is 9.13. The van der Waals surface area contributed by atoms with E-state index in [2.05, 4.69) is 5.32 Å². The molecule has 1 saturated carbocycles. The van der Waals surface area contributed by atoms with Crippen molar-refractivity contribution in [3.63, 3.8) is 0 Å². The molecule has 0 aromatic heterocycles. The third-order valence-electron chi connectivity index (χ3n) is 2.94. The molecular weight excluding hydrogens is 264 g/mol. The lowest BCUT2D eigenvalue weighted by Gasteiger charge is -2.15. The maximum Gasteiger partial charge on any atom is 0.182 e. The highest BCUT2D eigenvalue weighted by molar-refractivity contribution is 6.32. The Labute approximate surface area is 118 Å². The lowest BCUT2D eigenvalue weighted by molar-refractivity contribution is 0.260. The van der Waals surface area contributed by atoms with Gasteiger partial charge in [-0.05, 0) is 37.5 Å². The zero-order chi connectivity index (χ0) is 13.8. The van der Waals surface area contributed by atoms with Gasteiger partial charge in [0.1, 0.15) is 6.07 Å². The minimum Gasteiger partial charge on any atom is -0.493 e. The quantitative estimate of drug-likeness (QED) is 0.870. The van der Waals surface area contributed by atoms with Crippen LogP contribution in [0.5, 0.6) is 11.5 Å². The van der Waals surface area contributed by atoms with Gasteiger partial charge in [0.15, 0.2) is 17.6 Å². The van der Waals surface area contributed by atoms with Gasteiger partial charge in [0, 0.05) is 12.6 Å². The molecule has 0 spiro atoms. The van der Waals surface area contributed by atoms with Gasteiger partial charge in [-0.1, -0.05) is 11.6 Å². The summed E-state index contributed by atoms with van der Waals surface area (Å²) in [6, 6.07) is 6.38. The number of ether oxygens (including phenoxy) is 2. The molecule has 1 aromatic carbocycles. The molecule has 0 saturated heterocycles. The van der Waals surface area contributed by atoms with Crippen LogP contribution in [0.1, 0.15) is 25.3 Å². The molecule has 0 radical (unpaired) electrons. The lowest BCUT2D eigenvalue weighted by Crippen LogP contribution is -2.15. The predicted octanol–water partition coefficient (Wildman–Crippen LogP) is 2.89. The summed E-state index contributed by atoms with van der Waals surface area (Å²) in [6.07, 6.45) is 1.92. The Bertz CT molecular complexity index is 495. The number of hydrogen-bond acceptors (Lipinski definition) is 4. The lowest BCUT2D eigenvalue weighted by atomic mass is 10.2. The molecule has 0 bridgehead atoms. The number of nitriles is 1. The first kappa shape index (κ1) is 14.0. The maximum absolute atomic E-state index is 8.79. The van der Waals surface area contributed by atoms with Crippen LogP contribution in [0.25, 0.3) is 0 Å². The summed E-state index contributed by atoms with van der Waals surface area (Å²) in [4.78, 5) is 0. The molecule has 2 rings (SSSR count). The average Bonchev–Trinajstić information content (AvgIpc) is 3.22. The second-order valence-corrected chi connectivity index (χ2v) is 5.06. The van der Waals surface area contributed by atoms with E-state index in [9.17, 15) is 0 Å². The Morgan fingerprint density at radius 3 is 2.84 bits per heavy atom. The van der Waals surface area contributed by atoms with E-state index >= 15 is 0 Å². The number of benzene rings is 1. The number of nitrogens with one attached hydrogen (secondary N) is 1. The Hall–Kier alpha value is -1.44. The van der Waals surface area contributed by atoms with E-state index in [4.69, 9.17) is 26.3 Å². The summed E-state index contributed by atoms with van der Waals surface area (Å²) in [5, 5.41) is 12.7. The molecular formula is C14H17ClN2O2. The van der Waals surface area contributed by atoms with Crippen molar-refractivity contribution in [2.45, 2.75) is 38.5 Å². The Morgan fingerprint density at radius 2 is 2.26 bits per heavy atom. The molecule has 102 valence electrons. The van der Waals surface area contributed by atoms with Crippen molar-refractivity contribution >= 4 is 11.6 Å². The summed E-state index contributed by atoms with van der Waals surface area (Å²) in [7, 11) is 1.56. The van der Waals surface area contributed by atoms with Crippen LogP contribution >= 0.6 is 11.6 Å². The van der Waals surface area contributed by atoms with Crippen LogP contribution in [0, 0.1) is 11.3 Å². The zero-order valence-electron chi connectivity index (χ0n) is 11.1. The van der Waals surface area contributed by atoms with Crippen molar-refractivity contribution in [1.29, 1.82) is 5.26 Å². The van der Waals surface area contributed by atoms with E-state index in [1.54, 1.807) is 14.0 Å². The fourth-order valence-corrected chi connectivity index (χ4v) is 2.02. The molecule has 0 heterocycles. The zero-order valence-corrected chi connectivity index (χ0v) is 11.8. The first-order valence-corrected chi connectivity index (χ1v) is 6.68. The van der Waals surface area contributed by atoms with E-state index in [1.807, 2.05) is 18.2 Å². The SMILES string of the molecule is COc1cc(CNC2CC2)cc(Cl)c1OC(C)C#N. The second-order valence-electron chi connectivity index (χ2n) is 4.65. The summed E-state index contributed by atoms with van der Waals surface area (Å²) in [5.74, 6) is 0.982. The molecule has 1 aliphatic carbocycles. The van der Waals surface area contributed by atoms with Gasteiger partial charge >= 0.3 is 0 Å². The molecule has 0 aliphatic heterocycles. The van der Waals surface area contributed by atoms with E-state index in [0.29, 0.717) is 22.6 Å². The van der Waals surface area contributed by atoms with Crippen LogP contribution < -0.4 is 14.8 Å². The van der Waals surface area contributed by atoms with Gasteiger partial charge in [-0.25, -0.2) is 0 Å². The van der Waals surface area contributed by atoms with Crippen molar-refractivity contribution in [1.82, 2.24) is 5.32 Å². The molecule has 1 N–H and O–H groups in total. The van der Waals surface area contributed by atoms with Crippen molar-refractivity contribution in [2.24, 2.45) is 0 Å². The van der Waals surface area contributed by atoms with Gasteiger partial charge in [-0.2, -0.15) is 5.26 Å². The first-order valence-electron chi connectivity index (χ1n) is 6.30. The Balaban J connectivity index is 2.16. The fourth-order valence-electron chi connectivity index (χ4n) is 1.74. The average molecular weight is 281 g/mol. The van der Waals surface area contributed by atoms with Gasteiger partial charge in [0.05, 0.1) is 12.1 Å². The van der Waals surface area contributed by atoms with Crippen molar-refractivity contribution in [3.05, 3.63) is 22.7 Å². The van der Waals surface area contributed by atoms with Crippen LogP contribution in [0.3, 0.4) is 0 Å². The summed E-state index contributed by atoms with van der Waals surface area (Å²) in [5.41, 5.74) is 1.05. The summed E-state index contributed by atoms with van der Waals surface area (Å²) >= 11 is 6.20. The summed E-state index contributed by atoms with van der Waals surface area (Å²) in [6.45, 7) is 2.42. The van der Waals surface area contributed by atoms with E-state index in [0.717, 1.165) is 12.1 Å².